The van der Waals surface area contributed by atoms with E-state index in [1.165, 1.54) is 4.90 Å². The van der Waals surface area contributed by atoms with Gasteiger partial charge < -0.3 is 4.74 Å². The van der Waals surface area contributed by atoms with E-state index in [-0.39, 0.29) is 31.0 Å². The summed E-state index contributed by atoms with van der Waals surface area (Å²) in [6, 6.07) is 40.4. The quantitative estimate of drug-likeness (QED) is 0.218. The van der Waals surface area contributed by atoms with Crippen LogP contribution in [0.15, 0.2) is 121 Å². The van der Waals surface area contributed by atoms with E-state index in [0.29, 0.717) is 13.0 Å². The maximum atomic E-state index is 14.2. The van der Waals surface area contributed by atoms with E-state index < -0.39 is 11.6 Å². The standard InChI is InChI=1S/C35H36N2O3/c1-27(30-19-11-5-12-20-30)36(25-29-17-9-4-10-18-29)35(2,31-21-13-6-14-22-31)24-33(38)37-32(26-40-34(37)39)23-28-15-7-3-8-16-28/h3-22,27,32H,23-26H2,1-2H3/t27-,32-,35+/m0/s1. The molecule has 1 saturated heterocycles. The second-order valence-corrected chi connectivity index (χ2v) is 10.7. The first kappa shape index (κ1) is 27.4. The van der Waals surface area contributed by atoms with Crippen LogP contribution in [0.3, 0.4) is 0 Å². The Morgan fingerprint density at radius 1 is 0.850 bits per heavy atom. The fourth-order valence-electron chi connectivity index (χ4n) is 5.78. The summed E-state index contributed by atoms with van der Waals surface area (Å²) in [4.78, 5) is 30.8. The zero-order chi connectivity index (χ0) is 28.0. The summed E-state index contributed by atoms with van der Waals surface area (Å²) in [5.41, 5.74) is 3.69. The fourth-order valence-corrected chi connectivity index (χ4v) is 5.78. The van der Waals surface area contributed by atoms with Crippen molar-refractivity contribution in [2.75, 3.05) is 6.61 Å². The highest BCUT2D eigenvalue weighted by Gasteiger charge is 2.44. The van der Waals surface area contributed by atoms with E-state index >= 15 is 0 Å². The molecule has 1 aliphatic rings. The second kappa shape index (κ2) is 12.3. The van der Waals surface area contributed by atoms with E-state index in [1.54, 1.807) is 0 Å². The molecule has 40 heavy (non-hydrogen) atoms. The Labute approximate surface area is 237 Å². The maximum Gasteiger partial charge on any atom is 0.416 e. The molecule has 4 aromatic carbocycles. The van der Waals surface area contributed by atoms with Crippen molar-refractivity contribution in [3.8, 4) is 0 Å². The van der Waals surface area contributed by atoms with Crippen LogP contribution < -0.4 is 0 Å². The van der Waals surface area contributed by atoms with Crippen molar-refractivity contribution in [1.82, 2.24) is 9.80 Å². The summed E-state index contributed by atoms with van der Waals surface area (Å²) in [5, 5.41) is 0. The second-order valence-electron chi connectivity index (χ2n) is 10.7. The predicted molar refractivity (Wildman–Crippen MR) is 157 cm³/mol. The highest BCUT2D eigenvalue weighted by atomic mass is 16.6. The molecule has 1 fully saturated rings. The topological polar surface area (TPSA) is 49.9 Å². The molecule has 2 amide bonds. The van der Waals surface area contributed by atoms with Crippen molar-refractivity contribution in [2.24, 2.45) is 0 Å². The molecule has 3 atom stereocenters. The number of carbonyl (C=O) groups is 2. The third kappa shape index (κ3) is 6.00. The van der Waals surface area contributed by atoms with E-state index in [2.05, 4.69) is 55.1 Å². The van der Waals surface area contributed by atoms with E-state index in [1.807, 2.05) is 84.9 Å². The smallest absolute Gasteiger partial charge is 0.416 e. The number of cyclic esters (lactones) is 1. The number of hydrogen-bond donors (Lipinski definition) is 0. The Kier molecular flexibility index (Phi) is 8.42. The first-order valence-electron chi connectivity index (χ1n) is 13.9. The van der Waals surface area contributed by atoms with Crippen molar-refractivity contribution in [3.05, 3.63) is 144 Å². The molecule has 0 saturated carbocycles. The van der Waals surface area contributed by atoms with Crippen LogP contribution in [0.1, 0.15) is 48.6 Å². The molecular weight excluding hydrogens is 496 g/mol. The Hall–Kier alpha value is -4.22. The van der Waals surface area contributed by atoms with E-state index in [4.69, 9.17) is 4.74 Å². The van der Waals surface area contributed by atoms with Gasteiger partial charge in [-0.05, 0) is 42.5 Å². The lowest BCUT2D eigenvalue weighted by Gasteiger charge is -2.46. The number of ether oxygens (including phenoxy) is 1. The molecule has 0 N–H and O–H groups in total. The van der Waals surface area contributed by atoms with Crippen LogP contribution in [0, 0.1) is 0 Å². The highest BCUT2D eigenvalue weighted by Crippen LogP contribution is 2.40. The molecule has 1 heterocycles. The summed E-state index contributed by atoms with van der Waals surface area (Å²) in [7, 11) is 0. The minimum absolute atomic E-state index is 0.00921. The number of nitrogens with zero attached hydrogens (tertiary/aromatic N) is 2. The zero-order valence-corrected chi connectivity index (χ0v) is 23.1. The Morgan fingerprint density at radius 3 is 1.98 bits per heavy atom. The van der Waals surface area contributed by atoms with Gasteiger partial charge in [-0.3, -0.25) is 9.69 Å². The van der Waals surface area contributed by atoms with Crippen LogP contribution in [0.5, 0.6) is 0 Å². The highest BCUT2D eigenvalue weighted by molar-refractivity contribution is 5.94. The minimum Gasteiger partial charge on any atom is -0.447 e. The van der Waals surface area contributed by atoms with Gasteiger partial charge in [0.2, 0.25) is 5.91 Å². The minimum atomic E-state index is -0.719. The van der Waals surface area contributed by atoms with Gasteiger partial charge in [-0.25, -0.2) is 9.69 Å². The van der Waals surface area contributed by atoms with Crippen molar-refractivity contribution < 1.29 is 14.3 Å². The number of hydrogen-bond acceptors (Lipinski definition) is 4. The molecule has 1 aliphatic heterocycles. The van der Waals surface area contributed by atoms with Gasteiger partial charge in [-0.15, -0.1) is 0 Å². The summed E-state index contributed by atoms with van der Waals surface area (Å²) in [6.07, 6.45) is 0.127. The van der Waals surface area contributed by atoms with Crippen LogP contribution in [0.25, 0.3) is 0 Å². The molecule has 4 aromatic rings. The van der Waals surface area contributed by atoms with Gasteiger partial charge in [-0.2, -0.15) is 0 Å². The molecule has 5 heteroatoms. The Morgan fingerprint density at radius 2 is 1.38 bits per heavy atom. The van der Waals surface area contributed by atoms with Crippen LogP contribution in [-0.2, 0) is 28.0 Å². The molecule has 0 radical (unpaired) electrons. The third-order valence-electron chi connectivity index (χ3n) is 8.01. The lowest BCUT2D eigenvalue weighted by molar-refractivity contribution is -0.133. The molecule has 0 aliphatic carbocycles. The van der Waals surface area contributed by atoms with Crippen LogP contribution in [0.2, 0.25) is 0 Å². The number of imide groups is 1. The number of benzene rings is 4. The van der Waals surface area contributed by atoms with Gasteiger partial charge in [0.05, 0.1) is 11.6 Å². The number of rotatable bonds is 10. The maximum absolute atomic E-state index is 14.2. The van der Waals surface area contributed by atoms with E-state index in [9.17, 15) is 9.59 Å². The SMILES string of the molecule is C[C@@H](c1ccccc1)N(Cc1ccccc1)[C@](C)(CC(=O)N1C(=O)OC[C@@H]1Cc1ccccc1)c1ccccc1. The summed E-state index contributed by atoms with van der Waals surface area (Å²) in [5.74, 6) is -0.229. The molecular formula is C35H36N2O3. The molecule has 0 bridgehead atoms. The van der Waals surface area contributed by atoms with Gasteiger partial charge in [-0.1, -0.05) is 121 Å². The largest absolute Gasteiger partial charge is 0.447 e. The van der Waals surface area contributed by atoms with Crippen LogP contribution in [0.4, 0.5) is 4.79 Å². The average Bonchev–Trinajstić information content (AvgIpc) is 3.37. The first-order chi connectivity index (χ1) is 19.5. The molecule has 0 aromatic heterocycles. The summed E-state index contributed by atoms with van der Waals surface area (Å²) < 4.78 is 5.42. The van der Waals surface area contributed by atoms with E-state index in [0.717, 1.165) is 22.3 Å². The lowest BCUT2D eigenvalue weighted by atomic mass is 9.83. The lowest BCUT2D eigenvalue weighted by Crippen LogP contribution is -2.50. The van der Waals surface area contributed by atoms with Gasteiger partial charge in [0.15, 0.2) is 0 Å². The number of carbonyl (C=O) groups excluding carboxylic acids is 2. The normalized spacial score (nSPS) is 17.3. The molecule has 0 spiro atoms. The zero-order valence-electron chi connectivity index (χ0n) is 23.1. The molecule has 204 valence electrons. The van der Waals surface area contributed by atoms with Crippen LogP contribution >= 0.6 is 0 Å². The number of amides is 2. The van der Waals surface area contributed by atoms with Crippen LogP contribution in [-0.4, -0.2) is 34.4 Å². The summed E-state index contributed by atoms with van der Waals surface area (Å²) in [6.45, 7) is 5.14. The Bertz CT molecular complexity index is 1400. The average molecular weight is 533 g/mol. The third-order valence-corrected chi connectivity index (χ3v) is 8.01. The molecule has 5 nitrogen and oxygen atoms in total. The predicted octanol–water partition coefficient (Wildman–Crippen LogP) is 7.15. The summed E-state index contributed by atoms with van der Waals surface area (Å²) >= 11 is 0. The first-order valence-corrected chi connectivity index (χ1v) is 13.9. The molecule has 5 rings (SSSR count). The van der Waals surface area contributed by atoms with Gasteiger partial charge in [0.1, 0.15) is 6.61 Å². The van der Waals surface area contributed by atoms with Gasteiger partial charge in [0.25, 0.3) is 0 Å². The van der Waals surface area contributed by atoms with Crippen molar-refractivity contribution in [2.45, 2.75) is 50.9 Å². The fraction of sp³-hybridized carbons (Fsp3) is 0.257. The van der Waals surface area contributed by atoms with Crippen molar-refractivity contribution in [3.63, 3.8) is 0 Å². The van der Waals surface area contributed by atoms with Crippen molar-refractivity contribution >= 4 is 12.0 Å². The van der Waals surface area contributed by atoms with Gasteiger partial charge in [0, 0.05) is 19.0 Å². The monoisotopic (exact) mass is 532 g/mol. The Balaban J connectivity index is 1.52. The molecule has 0 unspecified atom stereocenters. The van der Waals surface area contributed by atoms with Crippen molar-refractivity contribution in [1.29, 1.82) is 0 Å². The van der Waals surface area contributed by atoms with Gasteiger partial charge >= 0.3 is 6.09 Å².